The minimum atomic E-state index is -0.757. The third-order valence-corrected chi connectivity index (χ3v) is 4.72. The van der Waals surface area contributed by atoms with E-state index < -0.39 is 6.10 Å². The Hall–Kier alpha value is -2.47. The Morgan fingerprint density at radius 1 is 1.28 bits per heavy atom. The molecule has 0 radical (unpaired) electrons. The number of aromatic nitrogens is 2. The number of aliphatic hydroxyl groups excluding tert-OH is 1. The van der Waals surface area contributed by atoms with E-state index in [2.05, 4.69) is 9.97 Å². The second-order valence-electron chi connectivity index (χ2n) is 6.42. The van der Waals surface area contributed by atoms with Crippen molar-refractivity contribution in [2.75, 3.05) is 7.05 Å². The molecule has 2 aromatic heterocycles. The summed E-state index contributed by atoms with van der Waals surface area (Å²) in [4.78, 5) is 22.6. The molecule has 3 atom stereocenters. The second-order valence-corrected chi connectivity index (χ2v) is 6.42. The lowest BCUT2D eigenvalue weighted by atomic mass is 9.88. The first-order valence-electron chi connectivity index (χ1n) is 8.51. The maximum atomic E-state index is 12.8. The van der Waals surface area contributed by atoms with Crippen molar-refractivity contribution in [1.82, 2.24) is 14.9 Å². The molecule has 0 aromatic carbocycles. The predicted octanol–water partition coefficient (Wildman–Crippen LogP) is 2.22. The smallest absolute Gasteiger partial charge is 0.272 e. The molecule has 6 heteroatoms. The zero-order chi connectivity index (χ0) is 17.8. The van der Waals surface area contributed by atoms with Gasteiger partial charge in [-0.25, -0.2) is 0 Å². The topological polar surface area (TPSA) is 75.6 Å². The number of carbonyl (C=O) groups is 1. The van der Waals surface area contributed by atoms with Gasteiger partial charge in [-0.3, -0.25) is 14.8 Å². The van der Waals surface area contributed by atoms with Crippen molar-refractivity contribution in [3.63, 3.8) is 0 Å². The van der Waals surface area contributed by atoms with E-state index in [1.807, 2.05) is 19.1 Å². The van der Waals surface area contributed by atoms with Crippen molar-refractivity contribution in [3.8, 4) is 5.75 Å². The third-order valence-electron chi connectivity index (χ3n) is 4.72. The minimum absolute atomic E-state index is 0.177. The van der Waals surface area contributed by atoms with Gasteiger partial charge in [-0.15, -0.1) is 0 Å². The highest BCUT2D eigenvalue weighted by Gasteiger charge is 2.38. The maximum absolute atomic E-state index is 12.8. The highest BCUT2D eigenvalue weighted by atomic mass is 16.5. The molecule has 0 aliphatic heterocycles. The predicted molar refractivity (Wildman–Crippen MR) is 93.4 cm³/mol. The van der Waals surface area contributed by atoms with Crippen LogP contribution in [-0.2, 0) is 0 Å². The normalized spacial score (nSPS) is 23.1. The molecule has 6 nitrogen and oxygen atoms in total. The number of hydrogen-bond donors (Lipinski definition) is 1. The van der Waals surface area contributed by atoms with Gasteiger partial charge in [-0.2, -0.15) is 0 Å². The molecule has 2 aromatic rings. The van der Waals surface area contributed by atoms with E-state index in [0.717, 1.165) is 24.8 Å². The van der Waals surface area contributed by atoms with E-state index in [9.17, 15) is 9.90 Å². The molecule has 1 aliphatic rings. The summed E-state index contributed by atoms with van der Waals surface area (Å²) in [6.07, 6.45) is 6.16. The molecule has 0 unspecified atom stereocenters. The van der Waals surface area contributed by atoms with E-state index in [-0.39, 0.29) is 18.1 Å². The average molecular weight is 341 g/mol. The van der Waals surface area contributed by atoms with Crippen LogP contribution in [-0.4, -0.2) is 51.2 Å². The monoisotopic (exact) mass is 341 g/mol. The number of carbonyl (C=O) groups excluding carboxylic acids is 1. The quantitative estimate of drug-likeness (QED) is 0.923. The van der Waals surface area contributed by atoms with Gasteiger partial charge in [0, 0.05) is 19.4 Å². The second kappa shape index (κ2) is 7.61. The molecule has 1 fully saturated rings. The van der Waals surface area contributed by atoms with Gasteiger partial charge in [0.2, 0.25) is 0 Å². The van der Waals surface area contributed by atoms with E-state index in [1.54, 1.807) is 42.7 Å². The highest BCUT2D eigenvalue weighted by Crippen LogP contribution is 2.27. The number of aliphatic hydroxyl groups is 1. The Labute approximate surface area is 147 Å². The molecule has 132 valence electrons. The highest BCUT2D eigenvalue weighted by molar-refractivity contribution is 5.93. The summed E-state index contributed by atoms with van der Waals surface area (Å²) < 4.78 is 5.89. The van der Waals surface area contributed by atoms with Crippen LogP contribution in [0.1, 0.15) is 35.3 Å². The summed E-state index contributed by atoms with van der Waals surface area (Å²) >= 11 is 0. The SMILES string of the molecule is Cc1cccnc1C(=O)N(C)[C@@H]1CCC[C@@H](Oc2cccnc2)[C@@H]1O. The first-order chi connectivity index (χ1) is 12.1. The lowest BCUT2D eigenvalue weighted by Gasteiger charge is -2.39. The summed E-state index contributed by atoms with van der Waals surface area (Å²) in [6, 6.07) is 6.97. The number of rotatable bonds is 4. The standard InChI is InChI=1S/C19H23N3O3/c1-13-6-4-11-21-17(13)19(24)22(2)15-8-3-9-16(18(15)23)25-14-7-5-10-20-12-14/h4-7,10-12,15-16,18,23H,3,8-9H2,1-2H3/t15-,16-,18-/m1/s1. The van der Waals surface area contributed by atoms with Gasteiger partial charge in [0.1, 0.15) is 23.7 Å². The van der Waals surface area contributed by atoms with E-state index in [1.165, 1.54) is 0 Å². The molecule has 1 amide bonds. The Kier molecular flexibility index (Phi) is 5.28. The van der Waals surface area contributed by atoms with Gasteiger partial charge < -0.3 is 14.7 Å². The Bertz CT molecular complexity index is 723. The number of aryl methyl sites for hydroxylation is 1. The van der Waals surface area contributed by atoms with Crippen LogP contribution in [0.15, 0.2) is 42.9 Å². The average Bonchev–Trinajstić information content (AvgIpc) is 2.64. The summed E-state index contributed by atoms with van der Waals surface area (Å²) in [5, 5.41) is 10.8. The first-order valence-corrected chi connectivity index (χ1v) is 8.51. The summed E-state index contributed by atoms with van der Waals surface area (Å²) in [6.45, 7) is 1.86. The number of amides is 1. The Morgan fingerprint density at radius 3 is 2.80 bits per heavy atom. The first kappa shape index (κ1) is 17.4. The van der Waals surface area contributed by atoms with E-state index >= 15 is 0 Å². The molecule has 1 N–H and O–H groups in total. The van der Waals surface area contributed by atoms with E-state index in [0.29, 0.717) is 11.4 Å². The molecule has 2 heterocycles. The zero-order valence-electron chi connectivity index (χ0n) is 14.5. The van der Waals surface area contributed by atoms with Gasteiger partial charge in [0.15, 0.2) is 0 Å². The number of nitrogens with zero attached hydrogens (tertiary/aromatic N) is 3. The van der Waals surface area contributed by atoms with Crippen LogP contribution in [0.5, 0.6) is 5.75 Å². The van der Waals surface area contributed by atoms with Crippen molar-refractivity contribution in [2.45, 2.75) is 44.4 Å². The van der Waals surface area contributed by atoms with Crippen LogP contribution in [0.25, 0.3) is 0 Å². The van der Waals surface area contributed by atoms with Crippen molar-refractivity contribution in [2.24, 2.45) is 0 Å². The van der Waals surface area contributed by atoms with E-state index in [4.69, 9.17) is 4.74 Å². The van der Waals surface area contributed by atoms with Crippen molar-refractivity contribution < 1.29 is 14.6 Å². The minimum Gasteiger partial charge on any atom is -0.486 e. The van der Waals surface area contributed by atoms with Gasteiger partial charge >= 0.3 is 0 Å². The summed E-state index contributed by atoms with van der Waals surface area (Å²) in [7, 11) is 1.72. The molecular weight excluding hydrogens is 318 g/mol. The fourth-order valence-corrected chi connectivity index (χ4v) is 3.29. The Balaban J connectivity index is 1.73. The van der Waals surface area contributed by atoms with Crippen LogP contribution in [0.4, 0.5) is 0 Å². The van der Waals surface area contributed by atoms with Gasteiger partial charge in [0.05, 0.1) is 12.2 Å². The lowest BCUT2D eigenvalue weighted by Crippen LogP contribution is -2.53. The molecule has 1 saturated carbocycles. The summed E-state index contributed by atoms with van der Waals surface area (Å²) in [5.74, 6) is 0.450. The van der Waals surface area contributed by atoms with Crippen LogP contribution in [0.2, 0.25) is 0 Å². The summed E-state index contributed by atoms with van der Waals surface area (Å²) in [5.41, 5.74) is 1.25. The Morgan fingerprint density at radius 2 is 2.08 bits per heavy atom. The van der Waals surface area contributed by atoms with Crippen LogP contribution in [0.3, 0.4) is 0 Å². The van der Waals surface area contributed by atoms with Crippen molar-refractivity contribution in [3.05, 3.63) is 54.1 Å². The van der Waals surface area contributed by atoms with Crippen molar-refractivity contribution in [1.29, 1.82) is 0 Å². The molecule has 0 saturated heterocycles. The zero-order valence-corrected chi connectivity index (χ0v) is 14.5. The van der Waals surface area contributed by atoms with Gasteiger partial charge in [-0.1, -0.05) is 6.07 Å². The number of ether oxygens (including phenoxy) is 1. The fourth-order valence-electron chi connectivity index (χ4n) is 3.29. The van der Waals surface area contributed by atoms with Crippen LogP contribution < -0.4 is 4.74 Å². The van der Waals surface area contributed by atoms with Gasteiger partial charge in [0.25, 0.3) is 5.91 Å². The molecule has 25 heavy (non-hydrogen) atoms. The van der Waals surface area contributed by atoms with Crippen LogP contribution >= 0.6 is 0 Å². The van der Waals surface area contributed by atoms with Gasteiger partial charge in [-0.05, 0) is 49.9 Å². The molecule has 0 spiro atoms. The number of pyridine rings is 2. The maximum Gasteiger partial charge on any atom is 0.272 e. The third kappa shape index (κ3) is 3.79. The lowest BCUT2D eigenvalue weighted by molar-refractivity contribution is -0.0415. The number of likely N-dealkylation sites (N-methyl/N-ethyl adjacent to an activating group) is 1. The largest absolute Gasteiger partial charge is 0.486 e. The number of hydrogen-bond acceptors (Lipinski definition) is 5. The molecular formula is C19H23N3O3. The molecule has 0 bridgehead atoms. The molecule has 1 aliphatic carbocycles. The molecule has 3 rings (SSSR count). The fraction of sp³-hybridized carbons (Fsp3) is 0.421. The van der Waals surface area contributed by atoms with Crippen molar-refractivity contribution >= 4 is 5.91 Å². The van der Waals surface area contributed by atoms with Crippen LogP contribution in [0, 0.1) is 6.92 Å².